The highest BCUT2D eigenvalue weighted by molar-refractivity contribution is 7.98. The Bertz CT molecular complexity index is 376. The van der Waals surface area contributed by atoms with E-state index in [0.717, 1.165) is 5.56 Å². The highest BCUT2D eigenvalue weighted by Gasteiger charge is 2.06. The Morgan fingerprint density at radius 3 is 2.44 bits per heavy atom. The maximum atomic E-state index is 10.8. The van der Waals surface area contributed by atoms with E-state index in [1.165, 1.54) is 4.90 Å². The lowest BCUT2D eigenvalue weighted by Gasteiger charge is -2.03. The zero-order valence-corrected chi connectivity index (χ0v) is 9.84. The Morgan fingerprint density at radius 2 is 1.94 bits per heavy atom. The van der Waals surface area contributed by atoms with Crippen LogP contribution in [0.2, 0.25) is 0 Å². The average molecular weight is 238 g/mol. The molecule has 1 aromatic carbocycles. The molecule has 0 aliphatic carbocycles. The van der Waals surface area contributed by atoms with Gasteiger partial charge in [0.25, 0.3) is 0 Å². The third kappa shape index (κ3) is 3.94. The first kappa shape index (κ1) is 12.6. The zero-order chi connectivity index (χ0) is 12.0. The van der Waals surface area contributed by atoms with Gasteiger partial charge < -0.3 is 11.1 Å². The molecule has 0 spiro atoms. The van der Waals surface area contributed by atoms with E-state index in [9.17, 15) is 9.59 Å². The Hall–Kier alpha value is -1.49. The van der Waals surface area contributed by atoms with Gasteiger partial charge in [-0.05, 0) is 30.4 Å². The first-order chi connectivity index (χ1) is 7.63. The molecule has 0 saturated carbocycles. The largest absolute Gasteiger partial charge is 0.361 e. The van der Waals surface area contributed by atoms with Crippen LogP contribution in [-0.2, 0) is 16.0 Å². The van der Waals surface area contributed by atoms with Gasteiger partial charge in [0.05, 0.1) is 0 Å². The second-order valence-electron chi connectivity index (χ2n) is 3.22. The van der Waals surface area contributed by atoms with E-state index in [1.807, 2.05) is 30.5 Å². The molecule has 0 aliphatic rings. The summed E-state index contributed by atoms with van der Waals surface area (Å²) >= 11 is 1.68. The van der Waals surface area contributed by atoms with E-state index in [0.29, 0.717) is 13.0 Å². The van der Waals surface area contributed by atoms with Gasteiger partial charge in [0, 0.05) is 11.4 Å². The molecule has 0 bridgehead atoms. The Morgan fingerprint density at radius 1 is 1.31 bits per heavy atom. The lowest BCUT2D eigenvalue weighted by molar-refractivity contribution is -0.137. The Labute approximate surface area is 98.6 Å². The molecule has 5 heteroatoms. The summed E-state index contributed by atoms with van der Waals surface area (Å²) in [5.41, 5.74) is 5.91. The van der Waals surface area contributed by atoms with Crippen LogP contribution >= 0.6 is 11.8 Å². The van der Waals surface area contributed by atoms with Crippen molar-refractivity contribution in [3.8, 4) is 0 Å². The molecule has 0 unspecified atom stereocenters. The third-order valence-corrected chi connectivity index (χ3v) is 2.83. The minimum absolute atomic E-state index is 0.417. The van der Waals surface area contributed by atoms with Gasteiger partial charge >= 0.3 is 11.8 Å². The monoisotopic (exact) mass is 238 g/mol. The number of hydrogen-bond acceptors (Lipinski definition) is 3. The Kier molecular flexibility index (Phi) is 4.85. The molecule has 0 aliphatic heterocycles. The van der Waals surface area contributed by atoms with Crippen molar-refractivity contribution in [2.45, 2.75) is 11.3 Å². The zero-order valence-electron chi connectivity index (χ0n) is 9.03. The van der Waals surface area contributed by atoms with E-state index >= 15 is 0 Å². The van der Waals surface area contributed by atoms with Crippen molar-refractivity contribution in [3.05, 3.63) is 29.8 Å². The van der Waals surface area contributed by atoms with Crippen LogP contribution < -0.4 is 11.1 Å². The minimum Gasteiger partial charge on any atom is -0.361 e. The van der Waals surface area contributed by atoms with Crippen molar-refractivity contribution in [2.75, 3.05) is 12.8 Å². The van der Waals surface area contributed by atoms with E-state index < -0.39 is 11.8 Å². The second-order valence-corrected chi connectivity index (χ2v) is 4.10. The van der Waals surface area contributed by atoms with Crippen LogP contribution in [0.25, 0.3) is 0 Å². The number of benzene rings is 1. The van der Waals surface area contributed by atoms with E-state index in [1.54, 1.807) is 11.8 Å². The van der Waals surface area contributed by atoms with Crippen LogP contribution in [0, 0.1) is 0 Å². The van der Waals surface area contributed by atoms with E-state index in [4.69, 9.17) is 5.73 Å². The third-order valence-electron chi connectivity index (χ3n) is 2.08. The van der Waals surface area contributed by atoms with E-state index in [-0.39, 0.29) is 0 Å². The van der Waals surface area contributed by atoms with Crippen molar-refractivity contribution in [2.24, 2.45) is 5.73 Å². The van der Waals surface area contributed by atoms with Crippen LogP contribution in [0.4, 0.5) is 0 Å². The number of nitrogens with one attached hydrogen (secondary N) is 1. The molecule has 2 amide bonds. The minimum atomic E-state index is -0.947. The molecule has 0 atom stereocenters. The van der Waals surface area contributed by atoms with Gasteiger partial charge in [0.1, 0.15) is 0 Å². The van der Waals surface area contributed by atoms with Crippen molar-refractivity contribution >= 4 is 23.6 Å². The number of nitrogens with two attached hydrogens (primary N) is 1. The fourth-order valence-corrected chi connectivity index (χ4v) is 1.61. The molecule has 0 aromatic heterocycles. The topological polar surface area (TPSA) is 72.2 Å². The number of amides is 2. The van der Waals surface area contributed by atoms with Gasteiger partial charge in [-0.25, -0.2) is 0 Å². The Balaban J connectivity index is 2.37. The van der Waals surface area contributed by atoms with Crippen molar-refractivity contribution in [1.29, 1.82) is 0 Å². The molecule has 86 valence electrons. The predicted molar refractivity (Wildman–Crippen MR) is 64.1 cm³/mol. The molecule has 0 radical (unpaired) electrons. The molecule has 3 N–H and O–H groups in total. The molecular weight excluding hydrogens is 224 g/mol. The highest BCUT2D eigenvalue weighted by Crippen LogP contribution is 2.14. The van der Waals surface area contributed by atoms with Crippen LogP contribution in [0.3, 0.4) is 0 Å². The quantitative estimate of drug-likeness (QED) is 0.594. The first-order valence-corrected chi connectivity index (χ1v) is 6.06. The van der Waals surface area contributed by atoms with Gasteiger partial charge in [-0.1, -0.05) is 12.1 Å². The van der Waals surface area contributed by atoms with Gasteiger partial charge in [-0.15, -0.1) is 11.8 Å². The van der Waals surface area contributed by atoms with Crippen LogP contribution in [0.5, 0.6) is 0 Å². The summed E-state index contributed by atoms with van der Waals surface area (Å²) in [4.78, 5) is 22.5. The standard InChI is InChI=1S/C11H14N2O2S/c1-16-9-4-2-8(3-5-9)6-7-13-11(15)10(12)14/h2-5H,6-7H2,1H3,(H2,12,14)(H,13,15). The summed E-state index contributed by atoms with van der Waals surface area (Å²) < 4.78 is 0. The van der Waals surface area contributed by atoms with Crippen molar-refractivity contribution in [3.63, 3.8) is 0 Å². The summed E-state index contributed by atoms with van der Waals surface area (Å²) in [6.45, 7) is 0.417. The molecule has 16 heavy (non-hydrogen) atoms. The lowest BCUT2D eigenvalue weighted by atomic mass is 10.1. The molecule has 0 fully saturated rings. The average Bonchev–Trinajstić information content (AvgIpc) is 2.29. The molecule has 0 saturated heterocycles. The molecule has 1 aromatic rings. The van der Waals surface area contributed by atoms with Crippen LogP contribution in [0.1, 0.15) is 5.56 Å². The number of carbonyl (C=O) groups excluding carboxylic acids is 2. The molecule has 4 nitrogen and oxygen atoms in total. The van der Waals surface area contributed by atoms with Crippen molar-refractivity contribution < 1.29 is 9.59 Å². The smallest absolute Gasteiger partial charge is 0.309 e. The van der Waals surface area contributed by atoms with Crippen LogP contribution in [-0.4, -0.2) is 24.6 Å². The lowest BCUT2D eigenvalue weighted by Crippen LogP contribution is -2.37. The van der Waals surface area contributed by atoms with Gasteiger partial charge in [0.15, 0.2) is 0 Å². The summed E-state index contributed by atoms with van der Waals surface area (Å²) in [7, 11) is 0. The second kappa shape index (κ2) is 6.17. The highest BCUT2D eigenvalue weighted by atomic mass is 32.2. The fraction of sp³-hybridized carbons (Fsp3) is 0.273. The SMILES string of the molecule is CSc1ccc(CCNC(=O)C(N)=O)cc1. The van der Waals surface area contributed by atoms with Crippen molar-refractivity contribution in [1.82, 2.24) is 5.32 Å². The number of primary amides is 1. The van der Waals surface area contributed by atoms with Gasteiger partial charge in [0.2, 0.25) is 0 Å². The van der Waals surface area contributed by atoms with Gasteiger partial charge in [-0.2, -0.15) is 0 Å². The van der Waals surface area contributed by atoms with Crippen LogP contribution in [0.15, 0.2) is 29.2 Å². The predicted octanol–water partition coefficient (Wildman–Crippen LogP) is 0.552. The maximum Gasteiger partial charge on any atom is 0.309 e. The molecule has 1 rings (SSSR count). The normalized spacial score (nSPS) is 9.81. The molecule has 0 heterocycles. The number of rotatable bonds is 4. The molecular formula is C11H14N2O2S. The fourth-order valence-electron chi connectivity index (χ4n) is 1.20. The summed E-state index contributed by atoms with van der Waals surface area (Å²) in [6.07, 6.45) is 2.70. The summed E-state index contributed by atoms with van der Waals surface area (Å²) in [6, 6.07) is 8.05. The number of carbonyl (C=O) groups is 2. The summed E-state index contributed by atoms with van der Waals surface area (Å²) in [5, 5.41) is 2.44. The number of hydrogen-bond donors (Lipinski definition) is 2. The summed E-state index contributed by atoms with van der Waals surface area (Å²) in [5.74, 6) is -1.68. The number of thioether (sulfide) groups is 1. The maximum absolute atomic E-state index is 10.8. The van der Waals surface area contributed by atoms with E-state index in [2.05, 4.69) is 5.32 Å². The first-order valence-electron chi connectivity index (χ1n) is 4.84. The van der Waals surface area contributed by atoms with Gasteiger partial charge in [-0.3, -0.25) is 9.59 Å².